The molecule has 1 amide bonds. The van der Waals surface area contributed by atoms with Crippen molar-refractivity contribution in [3.05, 3.63) is 36.0 Å². The Morgan fingerprint density at radius 2 is 1.92 bits per heavy atom. The average molecular weight is 383 g/mol. The number of carbonyl (C=O) groups is 1. The molecule has 1 N–H and O–H groups in total. The fourth-order valence-corrected chi connectivity index (χ4v) is 3.74. The first-order valence-electron chi connectivity index (χ1n) is 7.88. The molecule has 2 aromatic rings. The Kier molecular flexibility index (Phi) is 5.95. The number of nitrogens with zero attached hydrogens (tertiary/aromatic N) is 1. The molecular formula is C17H22N2O4S2. The fraction of sp³-hybridized carbons (Fsp3) is 0.412. The number of hydrogen-bond acceptors (Lipinski definition) is 6. The van der Waals surface area contributed by atoms with E-state index in [1.165, 1.54) is 11.8 Å². The lowest BCUT2D eigenvalue weighted by Crippen LogP contribution is -2.33. The van der Waals surface area contributed by atoms with Crippen LogP contribution in [0, 0.1) is 0 Å². The van der Waals surface area contributed by atoms with Crippen LogP contribution in [-0.2, 0) is 21.1 Å². The van der Waals surface area contributed by atoms with Crippen LogP contribution in [0.25, 0.3) is 0 Å². The second-order valence-corrected chi connectivity index (χ2v) is 9.95. The Bertz CT molecular complexity index is 840. The third-order valence-corrected chi connectivity index (χ3v) is 5.81. The Morgan fingerprint density at radius 3 is 2.48 bits per heavy atom. The molecule has 0 unspecified atom stereocenters. The molecule has 1 aromatic carbocycles. The zero-order chi connectivity index (χ0) is 18.7. The van der Waals surface area contributed by atoms with Gasteiger partial charge in [0, 0.05) is 17.2 Å². The van der Waals surface area contributed by atoms with E-state index >= 15 is 0 Å². The van der Waals surface area contributed by atoms with Crippen molar-refractivity contribution in [2.75, 3.05) is 11.6 Å². The van der Waals surface area contributed by atoms with Gasteiger partial charge in [-0.05, 0) is 44.5 Å². The minimum Gasteiger partial charge on any atom is -0.338 e. The normalized spacial score (nSPS) is 12.2. The van der Waals surface area contributed by atoms with Crippen LogP contribution in [0.1, 0.15) is 32.9 Å². The van der Waals surface area contributed by atoms with Gasteiger partial charge in [-0.1, -0.05) is 18.5 Å². The minimum absolute atomic E-state index is 0.219. The van der Waals surface area contributed by atoms with Crippen LogP contribution >= 0.6 is 11.8 Å². The summed E-state index contributed by atoms with van der Waals surface area (Å²) in [6.45, 7) is 5.63. The van der Waals surface area contributed by atoms with Crippen LogP contribution in [0.2, 0.25) is 0 Å². The fourth-order valence-electron chi connectivity index (χ4n) is 2.10. The molecular weight excluding hydrogens is 360 g/mol. The summed E-state index contributed by atoms with van der Waals surface area (Å²) >= 11 is 1.34. The zero-order valence-electron chi connectivity index (χ0n) is 14.7. The lowest BCUT2D eigenvalue weighted by atomic mass is 10.2. The molecule has 0 aliphatic carbocycles. The topological polar surface area (TPSA) is 89.3 Å². The van der Waals surface area contributed by atoms with Gasteiger partial charge in [0.25, 0.3) is 0 Å². The predicted octanol–water partition coefficient (Wildman–Crippen LogP) is 3.54. The molecule has 1 aromatic heterocycles. The zero-order valence-corrected chi connectivity index (χ0v) is 16.3. The van der Waals surface area contributed by atoms with Crippen LogP contribution in [-0.4, -0.2) is 30.5 Å². The van der Waals surface area contributed by atoms with Gasteiger partial charge in [0.05, 0.1) is 15.3 Å². The quantitative estimate of drug-likeness (QED) is 0.737. The number of nitrogens with one attached hydrogen (secondary N) is 1. The number of sulfone groups is 1. The SMILES string of the molecule is CCCc1cc(NC(=O)C(C)(C)Sc2ccc(S(C)(=O)=O)cc2)on1. The van der Waals surface area contributed by atoms with Gasteiger partial charge >= 0.3 is 0 Å². The van der Waals surface area contributed by atoms with Crippen molar-refractivity contribution in [2.24, 2.45) is 0 Å². The molecule has 6 nitrogen and oxygen atoms in total. The van der Waals surface area contributed by atoms with Gasteiger partial charge in [-0.25, -0.2) is 8.42 Å². The minimum atomic E-state index is -3.23. The van der Waals surface area contributed by atoms with E-state index < -0.39 is 14.6 Å². The van der Waals surface area contributed by atoms with Gasteiger partial charge < -0.3 is 4.52 Å². The first-order valence-corrected chi connectivity index (χ1v) is 10.6. The summed E-state index contributed by atoms with van der Waals surface area (Å²) in [4.78, 5) is 13.6. The molecule has 0 bridgehead atoms. The van der Waals surface area contributed by atoms with Crippen molar-refractivity contribution in [3.63, 3.8) is 0 Å². The third kappa shape index (κ3) is 5.34. The standard InChI is InChI=1S/C17H22N2O4S2/c1-5-6-12-11-15(23-19-12)18-16(20)17(2,3)24-13-7-9-14(10-8-13)25(4,21)22/h7-11H,5-6H2,1-4H3,(H,18,20). The highest BCUT2D eigenvalue weighted by atomic mass is 32.2. The Morgan fingerprint density at radius 1 is 1.28 bits per heavy atom. The van der Waals surface area contributed by atoms with Gasteiger partial charge in [0.15, 0.2) is 9.84 Å². The second kappa shape index (κ2) is 7.61. The molecule has 0 fully saturated rings. The third-order valence-electron chi connectivity index (χ3n) is 3.47. The molecule has 0 saturated carbocycles. The van der Waals surface area contributed by atoms with E-state index in [9.17, 15) is 13.2 Å². The van der Waals surface area contributed by atoms with E-state index in [0.29, 0.717) is 5.88 Å². The molecule has 136 valence electrons. The number of thioether (sulfide) groups is 1. The maximum absolute atomic E-state index is 12.5. The second-order valence-electron chi connectivity index (χ2n) is 6.24. The summed E-state index contributed by atoms with van der Waals surface area (Å²) < 4.78 is 27.4. The van der Waals surface area contributed by atoms with E-state index in [0.717, 1.165) is 29.7 Å². The van der Waals surface area contributed by atoms with Gasteiger partial charge in [0.2, 0.25) is 11.8 Å². The molecule has 0 radical (unpaired) electrons. The lowest BCUT2D eigenvalue weighted by Gasteiger charge is -2.22. The number of carbonyl (C=O) groups excluding carboxylic acids is 1. The molecule has 1 heterocycles. The van der Waals surface area contributed by atoms with Crippen molar-refractivity contribution in [1.29, 1.82) is 0 Å². The van der Waals surface area contributed by atoms with Gasteiger partial charge in [-0.2, -0.15) is 0 Å². The molecule has 2 rings (SSSR count). The van der Waals surface area contributed by atoms with Crippen LogP contribution in [0.3, 0.4) is 0 Å². The summed E-state index contributed by atoms with van der Waals surface area (Å²) in [6, 6.07) is 8.20. The average Bonchev–Trinajstić information content (AvgIpc) is 2.94. The van der Waals surface area contributed by atoms with Crippen LogP contribution < -0.4 is 5.32 Å². The van der Waals surface area contributed by atoms with Crippen molar-refractivity contribution in [1.82, 2.24) is 5.16 Å². The van der Waals surface area contributed by atoms with E-state index in [2.05, 4.69) is 10.5 Å². The number of aromatic nitrogens is 1. The molecule has 0 saturated heterocycles. The molecule has 25 heavy (non-hydrogen) atoms. The van der Waals surface area contributed by atoms with Crippen molar-refractivity contribution in [2.45, 2.75) is 48.2 Å². The number of anilines is 1. The van der Waals surface area contributed by atoms with Gasteiger partial charge in [0.1, 0.15) is 0 Å². The Hall–Kier alpha value is -1.80. The number of rotatable bonds is 7. The Labute approximate surface area is 152 Å². The van der Waals surface area contributed by atoms with Crippen LogP contribution in [0.4, 0.5) is 5.88 Å². The molecule has 8 heteroatoms. The van der Waals surface area contributed by atoms with Crippen molar-refractivity contribution in [3.8, 4) is 0 Å². The van der Waals surface area contributed by atoms with E-state index in [4.69, 9.17) is 4.52 Å². The number of hydrogen-bond donors (Lipinski definition) is 1. The van der Waals surface area contributed by atoms with Crippen LogP contribution in [0.5, 0.6) is 0 Å². The van der Waals surface area contributed by atoms with Gasteiger partial charge in [-0.3, -0.25) is 10.1 Å². The van der Waals surface area contributed by atoms with E-state index in [1.54, 1.807) is 44.2 Å². The highest BCUT2D eigenvalue weighted by Crippen LogP contribution is 2.34. The largest absolute Gasteiger partial charge is 0.338 e. The number of aryl methyl sites for hydroxylation is 1. The number of amides is 1. The summed E-state index contributed by atoms with van der Waals surface area (Å²) in [6.07, 6.45) is 2.91. The molecule has 0 aliphatic heterocycles. The molecule has 0 aliphatic rings. The predicted molar refractivity (Wildman–Crippen MR) is 98.6 cm³/mol. The summed E-state index contributed by atoms with van der Waals surface area (Å²) in [5.74, 6) is 0.110. The highest BCUT2D eigenvalue weighted by Gasteiger charge is 2.30. The summed E-state index contributed by atoms with van der Waals surface area (Å²) in [5.41, 5.74) is 0.805. The smallest absolute Gasteiger partial charge is 0.242 e. The first-order chi connectivity index (χ1) is 11.6. The van der Waals surface area contributed by atoms with Gasteiger partial charge in [-0.15, -0.1) is 11.8 Å². The number of benzene rings is 1. The summed E-state index contributed by atoms with van der Waals surface area (Å²) in [5, 5.41) is 6.64. The molecule has 0 atom stereocenters. The van der Waals surface area contributed by atoms with Crippen molar-refractivity contribution >= 4 is 33.4 Å². The van der Waals surface area contributed by atoms with Crippen molar-refractivity contribution < 1.29 is 17.7 Å². The van der Waals surface area contributed by atoms with E-state index in [-0.39, 0.29) is 10.8 Å². The highest BCUT2D eigenvalue weighted by molar-refractivity contribution is 8.01. The first kappa shape index (κ1) is 19.5. The monoisotopic (exact) mass is 382 g/mol. The summed E-state index contributed by atoms with van der Waals surface area (Å²) in [7, 11) is -3.23. The molecule has 0 spiro atoms. The maximum Gasteiger partial charge on any atom is 0.242 e. The van der Waals surface area contributed by atoms with Crippen LogP contribution in [0.15, 0.2) is 44.6 Å². The maximum atomic E-state index is 12.5. The van der Waals surface area contributed by atoms with E-state index in [1.807, 2.05) is 6.92 Å². The Balaban J connectivity index is 2.05. The lowest BCUT2D eigenvalue weighted by molar-refractivity contribution is -0.117.